The molecule has 0 radical (unpaired) electrons. The lowest BCUT2D eigenvalue weighted by atomic mass is 9.80. The fourth-order valence-corrected chi connectivity index (χ4v) is 5.60. The van der Waals surface area contributed by atoms with E-state index in [1.807, 2.05) is 49.4 Å². The van der Waals surface area contributed by atoms with Crippen molar-refractivity contribution in [3.63, 3.8) is 0 Å². The molecule has 2 aromatic rings. The fraction of sp³-hybridized carbons (Fsp3) is 0.500. The van der Waals surface area contributed by atoms with Gasteiger partial charge in [0, 0.05) is 26.4 Å². The van der Waals surface area contributed by atoms with Gasteiger partial charge in [0.1, 0.15) is 12.2 Å². The molecular weight excluding hydrogens is 469 g/mol. The first-order valence-corrected chi connectivity index (χ1v) is 13.2. The maximum Gasteiger partial charge on any atom is 0.243 e. The molecule has 2 aliphatic rings. The monoisotopic (exact) mass is 507 g/mol. The van der Waals surface area contributed by atoms with E-state index in [2.05, 4.69) is 31.3 Å². The van der Waals surface area contributed by atoms with E-state index in [1.165, 1.54) is 17.4 Å². The summed E-state index contributed by atoms with van der Waals surface area (Å²) in [7, 11) is 0. The van der Waals surface area contributed by atoms with Crippen LogP contribution in [0.1, 0.15) is 75.6 Å². The van der Waals surface area contributed by atoms with E-state index in [0.29, 0.717) is 25.3 Å². The lowest BCUT2D eigenvalue weighted by Gasteiger charge is -2.42. The molecule has 2 saturated heterocycles. The van der Waals surface area contributed by atoms with Gasteiger partial charge in [0.15, 0.2) is 0 Å². The van der Waals surface area contributed by atoms with E-state index >= 15 is 0 Å². The quantitative estimate of drug-likeness (QED) is 0.621. The van der Waals surface area contributed by atoms with Crippen LogP contribution < -0.4 is 5.32 Å². The Morgan fingerprint density at radius 1 is 1.00 bits per heavy atom. The maximum absolute atomic E-state index is 14.7. The molecule has 0 aliphatic carbocycles. The number of hydrogen-bond donors (Lipinski definition) is 1. The lowest BCUT2D eigenvalue weighted by molar-refractivity contribution is -0.151. The van der Waals surface area contributed by atoms with Crippen LogP contribution in [0.3, 0.4) is 0 Å². The van der Waals surface area contributed by atoms with Crippen molar-refractivity contribution in [2.45, 2.75) is 71.1 Å². The summed E-state index contributed by atoms with van der Waals surface area (Å²) in [5.74, 6) is -0.306. The van der Waals surface area contributed by atoms with Crippen LogP contribution in [0.2, 0.25) is 0 Å². The molecule has 0 spiro atoms. The fourth-order valence-electron chi connectivity index (χ4n) is 5.60. The number of hydrogen-bond acceptors (Lipinski definition) is 3. The molecule has 0 bridgehead atoms. The first-order valence-electron chi connectivity index (χ1n) is 13.2. The Morgan fingerprint density at radius 2 is 1.62 bits per heavy atom. The van der Waals surface area contributed by atoms with Crippen LogP contribution in [-0.2, 0) is 14.4 Å². The van der Waals surface area contributed by atoms with Gasteiger partial charge >= 0.3 is 0 Å². The van der Waals surface area contributed by atoms with E-state index in [9.17, 15) is 18.8 Å². The smallest absolute Gasteiger partial charge is 0.243 e. The molecule has 3 amide bonds. The molecule has 0 aromatic heterocycles. The molecule has 2 fully saturated rings. The summed E-state index contributed by atoms with van der Waals surface area (Å²) < 4.78 is 14.7. The van der Waals surface area contributed by atoms with Gasteiger partial charge in [0.25, 0.3) is 0 Å². The van der Waals surface area contributed by atoms with Crippen molar-refractivity contribution in [3.05, 3.63) is 71.3 Å². The van der Waals surface area contributed by atoms with Crippen molar-refractivity contribution >= 4 is 17.7 Å². The zero-order valence-corrected chi connectivity index (χ0v) is 22.2. The first-order chi connectivity index (χ1) is 17.6. The molecule has 198 valence electrons. The lowest BCUT2D eigenvalue weighted by Crippen LogP contribution is -2.56. The summed E-state index contributed by atoms with van der Waals surface area (Å²) in [6.07, 6.45) is 0.00863. The van der Waals surface area contributed by atoms with Crippen molar-refractivity contribution in [1.29, 1.82) is 0 Å². The highest BCUT2D eigenvalue weighted by Crippen LogP contribution is 2.35. The summed E-state index contributed by atoms with van der Waals surface area (Å²) in [6.45, 7) is 8.39. The minimum absolute atomic E-state index is 0.0299. The second-order valence-electron chi connectivity index (χ2n) is 11.1. The van der Waals surface area contributed by atoms with E-state index in [0.717, 1.165) is 11.1 Å². The zero-order valence-electron chi connectivity index (χ0n) is 22.2. The number of halogens is 1. The molecule has 1 N–H and O–H groups in total. The van der Waals surface area contributed by atoms with Crippen LogP contribution in [0.25, 0.3) is 0 Å². The van der Waals surface area contributed by atoms with Crippen molar-refractivity contribution in [2.24, 2.45) is 5.41 Å². The number of rotatable bonds is 6. The molecule has 4 rings (SSSR count). The number of likely N-dealkylation sites (tertiary alicyclic amines) is 2. The van der Waals surface area contributed by atoms with Gasteiger partial charge in [-0.15, -0.1) is 0 Å². The van der Waals surface area contributed by atoms with Gasteiger partial charge in [-0.05, 0) is 42.4 Å². The zero-order chi connectivity index (χ0) is 26.7. The van der Waals surface area contributed by atoms with E-state index < -0.39 is 23.7 Å². The van der Waals surface area contributed by atoms with E-state index in [4.69, 9.17) is 0 Å². The normalized spacial score (nSPS) is 24.7. The number of nitrogens with one attached hydrogen (secondary N) is 1. The second-order valence-corrected chi connectivity index (χ2v) is 11.1. The SMILES string of the molecule is CC(=O)N1CCCC(C)(C(=O)N2CC(F)CC2C(=O)NC(c2ccccc2)c2ccc(C(C)C)cc2)C1. The van der Waals surface area contributed by atoms with Crippen molar-refractivity contribution < 1.29 is 18.8 Å². The van der Waals surface area contributed by atoms with Gasteiger partial charge < -0.3 is 15.1 Å². The number of amides is 3. The first kappa shape index (κ1) is 26.8. The summed E-state index contributed by atoms with van der Waals surface area (Å²) >= 11 is 0. The van der Waals surface area contributed by atoms with Crippen molar-refractivity contribution in [1.82, 2.24) is 15.1 Å². The van der Waals surface area contributed by atoms with Gasteiger partial charge in [-0.1, -0.05) is 68.4 Å². The number of carbonyl (C=O) groups is 3. The predicted molar refractivity (Wildman–Crippen MR) is 142 cm³/mol. The molecule has 2 aromatic carbocycles. The topological polar surface area (TPSA) is 69.7 Å². The van der Waals surface area contributed by atoms with Gasteiger partial charge in [0.05, 0.1) is 18.0 Å². The number of benzene rings is 2. The Kier molecular flexibility index (Phi) is 8.00. The maximum atomic E-state index is 14.7. The Labute approximate surface area is 219 Å². The third-order valence-corrected chi connectivity index (χ3v) is 7.83. The minimum Gasteiger partial charge on any atom is -0.343 e. The van der Waals surface area contributed by atoms with Crippen LogP contribution in [0, 0.1) is 5.41 Å². The van der Waals surface area contributed by atoms with Gasteiger partial charge in [-0.3, -0.25) is 14.4 Å². The van der Waals surface area contributed by atoms with Crippen LogP contribution in [0.15, 0.2) is 54.6 Å². The molecular formula is C30H38FN3O3. The number of carbonyl (C=O) groups excluding carboxylic acids is 3. The Hall–Kier alpha value is -3.22. The molecule has 4 atom stereocenters. The Balaban J connectivity index is 1.58. The van der Waals surface area contributed by atoms with Crippen LogP contribution in [0.4, 0.5) is 4.39 Å². The molecule has 0 saturated carbocycles. The molecule has 2 heterocycles. The highest BCUT2D eigenvalue weighted by Gasteiger charge is 2.48. The Morgan fingerprint density at radius 3 is 2.24 bits per heavy atom. The Bertz CT molecular complexity index is 1120. The van der Waals surface area contributed by atoms with Gasteiger partial charge in [-0.25, -0.2) is 4.39 Å². The standard InChI is InChI=1S/C30H38FN3O3/c1-20(2)22-11-13-24(14-12-22)27(23-9-6-5-7-10-23)32-28(36)26-17-25(31)18-34(26)29(37)30(4)15-8-16-33(19-30)21(3)35/h5-7,9-14,20,25-27H,8,15-19H2,1-4H3,(H,32,36). The molecule has 2 aliphatic heterocycles. The highest BCUT2D eigenvalue weighted by atomic mass is 19.1. The average Bonchev–Trinajstić information content (AvgIpc) is 3.28. The van der Waals surface area contributed by atoms with Crippen molar-refractivity contribution in [3.8, 4) is 0 Å². The van der Waals surface area contributed by atoms with Crippen LogP contribution >= 0.6 is 0 Å². The summed E-state index contributed by atoms with van der Waals surface area (Å²) in [6, 6.07) is 16.5. The van der Waals surface area contributed by atoms with Crippen LogP contribution in [0.5, 0.6) is 0 Å². The number of piperidine rings is 1. The predicted octanol–water partition coefficient (Wildman–Crippen LogP) is 4.60. The second kappa shape index (κ2) is 11.0. The van der Waals surface area contributed by atoms with Gasteiger partial charge in [-0.2, -0.15) is 0 Å². The highest BCUT2D eigenvalue weighted by molar-refractivity contribution is 5.91. The largest absolute Gasteiger partial charge is 0.343 e. The minimum atomic E-state index is -1.27. The van der Waals surface area contributed by atoms with E-state index in [1.54, 1.807) is 4.90 Å². The number of alkyl halides is 1. The average molecular weight is 508 g/mol. The third kappa shape index (κ3) is 5.86. The molecule has 37 heavy (non-hydrogen) atoms. The summed E-state index contributed by atoms with van der Waals surface area (Å²) in [5, 5.41) is 3.12. The van der Waals surface area contributed by atoms with Crippen molar-refractivity contribution in [2.75, 3.05) is 19.6 Å². The summed E-state index contributed by atoms with van der Waals surface area (Å²) in [5.41, 5.74) is 2.21. The molecule has 6 nitrogen and oxygen atoms in total. The van der Waals surface area contributed by atoms with Crippen LogP contribution in [-0.4, -0.2) is 59.4 Å². The third-order valence-electron chi connectivity index (χ3n) is 7.83. The summed E-state index contributed by atoms with van der Waals surface area (Å²) in [4.78, 5) is 42.4. The van der Waals surface area contributed by atoms with E-state index in [-0.39, 0.29) is 37.2 Å². The molecule has 4 unspecified atom stereocenters. The number of nitrogens with zero attached hydrogens (tertiary/aromatic N) is 2. The molecule has 7 heteroatoms. The van der Waals surface area contributed by atoms with Gasteiger partial charge in [0.2, 0.25) is 17.7 Å².